The third kappa shape index (κ3) is 6.60. The molecule has 0 aromatic heterocycles. The summed E-state index contributed by atoms with van der Waals surface area (Å²) in [6.45, 7) is 1.33. The van der Waals surface area contributed by atoms with Crippen molar-refractivity contribution in [2.24, 2.45) is 0 Å². The fourth-order valence-corrected chi connectivity index (χ4v) is 4.22. The molecular formula is C18H15F6NO6S2. The second-order valence-corrected chi connectivity index (χ2v) is 10.2. The van der Waals surface area contributed by atoms with Crippen molar-refractivity contribution in [3.8, 4) is 5.75 Å². The summed E-state index contributed by atoms with van der Waals surface area (Å²) < 4.78 is 125. The molecule has 2 rings (SSSR count). The number of benzene rings is 2. The lowest BCUT2D eigenvalue weighted by molar-refractivity contribution is -0.174. The summed E-state index contributed by atoms with van der Waals surface area (Å²) in [7, 11) is -10.1. The van der Waals surface area contributed by atoms with Crippen molar-refractivity contribution in [2.75, 3.05) is 0 Å². The van der Waals surface area contributed by atoms with Crippen LogP contribution in [0, 0.1) is 0 Å². The van der Waals surface area contributed by atoms with Crippen molar-refractivity contribution in [3.05, 3.63) is 54.1 Å². The highest BCUT2D eigenvalue weighted by Gasteiger charge is 2.48. The molecule has 33 heavy (non-hydrogen) atoms. The van der Waals surface area contributed by atoms with E-state index < -0.39 is 49.3 Å². The zero-order valence-electron chi connectivity index (χ0n) is 16.4. The highest BCUT2D eigenvalue weighted by atomic mass is 32.2. The van der Waals surface area contributed by atoms with E-state index in [9.17, 15) is 48.0 Å². The van der Waals surface area contributed by atoms with E-state index >= 15 is 0 Å². The summed E-state index contributed by atoms with van der Waals surface area (Å²) >= 11 is 0. The van der Waals surface area contributed by atoms with Crippen LogP contribution in [0.25, 0.3) is 0 Å². The maximum atomic E-state index is 12.7. The molecule has 0 saturated carbocycles. The number of amides is 1. The van der Waals surface area contributed by atoms with Gasteiger partial charge in [-0.3, -0.25) is 4.79 Å². The molecule has 1 N–H and O–H groups in total. The predicted octanol–water partition coefficient (Wildman–Crippen LogP) is 3.36. The van der Waals surface area contributed by atoms with Crippen molar-refractivity contribution >= 4 is 25.9 Å². The SMILES string of the molecule is C[C@@H](Cc1ccc(S(=O)(=O)c2ccc(OS(=O)(=O)C(F)(F)F)cc2)cc1)NC(=O)C(F)(F)F. The average Bonchev–Trinajstić information content (AvgIpc) is 2.67. The molecule has 0 fully saturated rings. The van der Waals surface area contributed by atoms with Gasteiger partial charge in [-0.15, -0.1) is 0 Å². The average molecular weight is 519 g/mol. The van der Waals surface area contributed by atoms with Crippen LogP contribution in [0.5, 0.6) is 5.75 Å². The van der Waals surface area contributed by atoms with Gasteiger partial charge in [-0.2, -0.15) is 34.8 Å². The Hall–Kier alpha value is -2.81. The molecule has 0 spiro atoms. The van der Waals surface area contributed by atoms with Crippen molar-refractivity contribution < 1.29 is 52.2 Å². The Kier molecular flexibility index (Phi) is 7.38. The lowest BCUT2D eigenvalue weighted by Gasteiger charge is -2.15. The van der Waals surface area contributed by atoms with E-state index in [-0.39, 0.29) is 16.2 Å². The number of rotatable bonds is 7. The number of nitrogens with one attached hydrogen (secondary N) is 1. The normalized spacial score (nSPS) is 13.9. The van der Waals surface area contributed by atoms with Gasteiger partial charge >= 0.3 is 27.7 Å². The first-order valence-corrected chi connectivity index (χ1v) is 11.6. The molecule has 1 atom stereocenters. The minimum absolute atomic E-state index is 0.0259. The lowest BCUT2D eigenvalue weighted by atomic mass is 10.1. The molecular weight excluding hydrogens is 504 g/mol. The van der Waals surface area contributed by atoms with Gasteiger partial charge in [-0.1, -0.05) is 12.1 Å². The van der Waals surface area contributed by atoms with Gasteiger partial charge in [-0.25, -0.2) is 8.42 Å². The number of sulfone groups is 1. The van der Waals surface area contributed by atoms with Crippen molar-refractivity contribution in [2.45, 2.75) is 40.9 Å². The van der Waals surface area contributed by atoms with Crippen LogP contribution in [-0.4, -0.2) is 40.5 Å². The Bertz CT molecular complexity index is 1210. The Morgan fingerprint density at radius 1 is 0.879 bits per heavy atom. The summed E-state index contributed by atoms with van der Waals surface area (Å²) in [5.74, 6) is -2.86. The summed E-state index contributed by atoms with van der Waals surface area (Å²) in [4.78, 5) is 10.3. The largest absolute Gasteiger partial charge is 0.534 e. The molecule has 182 valence electrons. The summed E-state index contributed by atoms with van der Waals surface area (Å²) in [6.07, 6.45) is -5.06. The molecule has 0 saturated heterocycles. The molecule has 0 radical (unpaired) electrons. The molecule has 2 aromatic carbocycles. The number of hydrogen-bond acceptors (Lipinski definition) is 6. The highest BCUT2D eigenvalue weighted by Crippen LogP contribution is 2.29. The molecule has 1 amide bonds. The van der Waals surface area contributed by atoms with Crippen LogP contribution in [0.1, 0.15) is 12.5 Å². The topological polar surface area (TPSA) is 107 Å². The lowest BCUT2D eigenvalue weighted by Crippen LogP contribution is -2.42. The van der Waals surface area contributed by atoms with E-state index in [1.165, 1.54) is 19.1 Å². The smallest absolute Gasteiger partial charge is 0.376 e. The van der Waals surface area contributed by atoms with E-state index in [4.69, 9.17) is 0 Å². The van der Waals surface area contributed by atoms with Gasteiger partial charge < -0.3 is 9.50 Å². The molecule has 15 heteroatoms. The van der Waals surface area contributed by atoms with E-state index in [0.717, 1.165) is 36.4 Å². The number of carbonyl (C=O) groups excluding carboxylic acids is 1. The van der Waals surface area contributed by atoms with Crippen molar-refractivity contribution in [3.63, 3.8) is 0 Å². The molecule has 0 aliphatic carbocycles. The Balaban J connectivity index is 2.13. The second-order valence-electron chi connectivity index (χ2n) is 6.68. The highest BCUT2D eigenvalue weighted by molar-refractivity contribution is 7.91. The quantitative estimate of drug-likeness (QED) is 0.342. The number of hydrogen-bond donors (Lipinski definition) is 1. The van der Waals surface area contributed by atoms with Crippen LogP contribution in [0.2, 0.25) is 0 Å². The first-order valence-electron chi connectivity index (χ1n) is 8.76. The zero-order valence-corrected chi connectivity index (χ0v) is 18.1. The van der Waals surface area contributed by atoms with Crippen LogP contribution in [-0.2, 0) is 31.2 Å². The minimum atomic E-state index is -5.92. The second kappa shape index (κ2) is 9.21. The third-order valence-electron chi connectivity index (χ3n) is 4.03. The van der Waals surface area contributed by atoms with Crippen LogP contribution < -0.4 is 9.50 Å². The maximum Gasteiger partial charge on any atom is 0.534 e. The molecule has 7 nitrogen and oxygen atoms in total. The number of halogens is 6. The van der Waals surface area contributed by atoms with Gasteiger partial charge in [-0.05, 0) is 55.3 Å². The first kappa shape index (κ1) is 26.4. The Morgan fingerprint density at radius 2 is 1.33 bits per heavy atom. The third-order valence-corrected chi connectivity index (χ3v) is 6.80. The zero-order chi connectivity index (χ0) is 25.2. The molecule has 0 heterocycles. The molecule has 0 unspecified atom stereocenters. The minimum Gasteiger partial charge on any atom is -0.376 e. The van der Waals surface area contributed by atoms with E-state index in [2.05, 4.69) is 4.18 Å². The summed E-state index contributed by atoms with van der Waals surface area (Å²) in [5, 5.41) is 1.76. The van der Waals surface area contributed by atoms with E-state index in [1.54, 1.807) is 5.32 Å². The predicted molar refractivity (Wildman–Crippen MR) is 101 cm³/mol. The van der Waals surface area contributed by atoms with Crippen molar-refractivity contribution in [1.82, 2.24) is 5.32 Å². The van der Waals surface area contributed by atoms with Gasteiger partial charge in [0.25, 0.3) is 0 Å². The van der Waals surface area contributed by atoms with Crippen LogP contribution in [0.4, 0.5) is 26.3 Å². The van der Waals surface area contributed by atoms with E-state index in [0.29, 0.717) is 5.56 Å². The van der Waals surface area contributed by atoms with Crippen LogP contribution in [0.3, 0.4) is 0 Å². The Morgan fingerprint density at radius 3 is 1.76 bits per heavy atom. The number of carbonyl (C=O) groups is 1. The number of alkyl halides is 6. The van der Waals surface area contributed by atoms with Gasteiger partial charge in [0, 0.05) is 6.04 Å². The van der Waals surface area contributed by atoms with Gasteiger partial charge in [0.1, 0.15) is 5.75 Å². The van der Waals surface area contributed by atoms with Crippen molar-refractivity contribution in [1.29, 1.82) is 0 Å². The first-order chi connectivity index (χ1) is 14.9. The molecule has 2 aromatic rings. The van der Waals surface area contributed by atoms with Gasteiger partial charge in [0.05, 0.1) is 9.79 Å². The standard InChI is InChI=1S/C18H15F6NO6S2/c1-11(25-16(26)17(19,20)21)10-12-2-6-14(7-3-12)32(27,28)15-8-4-13(5-9-15)31-33(29,30)18(22,23)24/h2-9,11H,10H2,1H3,(H,25,26)/t11-/m0/s1. The van der Waals surface area contributed by atoms with Gasteiger partial charge in [0.15, 0.2) is 0 Å². The van der Waals surface area contributed by atoms with Crippen LogP contribution in [0.15, 0.2) is 58.3 Å². The fourth-order valence-electron chi connectivity index (χ4n) is 2.50. The molecule has 0 aliphatic heterocycles. The fraction of sp³-hybridized carbons (Fsp3) is 0.278. The monoisotopic (exact) mass is 519 g/mol. The van der Waals surface area contributed by atoms with E-state index in [1.807, 2.05) is 0 Å². The maximum absolute atomic E-state index is 12.7. The Labute approximate surface area is 184 Å². The molecule has 0 aliphatic rings. The van der Waals surface area contributed by atoms with Crippen LogP contribution >= 0.6 is 0 Å². The van der Waals surface area contributed by atoms with Gasteiger partial charge in [0.2, 0.25) is 9.84 Å². The summed E-state index contributed by atoms with van der Waals surface area (Å²) in [6, 6.07) is 7.20. The molecule has 0 bridgehead atoms. The summed E-state index contributed by atoms with van der Waals surface area (Å²) in [5.41, 5.74) is -5.24.